The van der Waals surface area contributed by atoms with E-state index < -0.39 is 5.97 Å². The van der Waals surface area contributed by atoms with E-state index in [-0.39, 0.29) is 6.42 Å². The molecule has 0 amide bonds. The first-order valence-electron chi connectivity index (χ1n) is 5.02. The van der Waals surface area contributed by atoms with Crippen LogP contribution < -0.4 is 15.4 Å². The molecular weight excluding hydrogens is 240 g/mol. The summed E-state index contributed by atoms with van der Waals surface area (Å²) in [5, 5.41) is 14.6. The fourth-order valence-corrected chi connectivity index (χ4v) is 1.38. The van der Waals surface area contributed by atoms with Crippen molar-refractivity contribution in [1.29, 1.82) is 0 Å². The van der Waals surface area contributed by atoms with Crippen LogP contribution in [0.2, 0.25) is 0 Å². The fraction of sp³-hybridized carbons (Fsp3) is 0.273. The van der Waals surface area contributed by atoms with Crippen LogP contribution in [0.1, 0.15) is 6.42 Å². The molecule has 6 heteroatoms. The van der Waals surface area contributed by atoms with Gasteiger partial charge < -0.3 is 20.5 Å². The van der Waals surface area contributed by atoms with Crippen LogP contribution in [-0.4, -0.2) is 29.8 Å². The highest BCUT2D eigenvalue weighted by molar-refractivity contribution is 7.80. The van der Waals surface area contributed by atoms with Crippen LogP contribution in [0.3, 0.4) is 0 Å². The lowest BCUT2D eigenvalue weighted by molar-refractivity contribution is -0.136. The van der Waals surface area contributed by atoms with Gasteiger partial charge in [0.25, 0.3) is 0 Å². The molecule has 1 aromatic carbocycles. The molecule has 1 aromatic rings. The van der Waals surface area contributed by atoms with Crippen LogP contribution in [0, 0.1) is 0 Å². The molecule has 0 saturated heterocycles. The number of aliphatic carboxylic acids is 1. The van der Waals surface area contributed by atoms with Crippen LogP contribution in [-0.2, 0) is 4.79 Å². The summed E-state index contributed by atoms with van der Waals surface area (Å²) in [6, 6.07) is 7.30. The minimum atomic E-state index is -0.860. The summed E-state index contributed by atoms with van der Waals surface area (Å²) in [5.41, 5.74) is 0.789. The van der Waals surface area contributed by atoms with Crippen molar-refractivity contribution in [3.05, 3.63) is 24.3 Å². The first kappa shape index (κ1) is 13.2. The summed E-state index contributed by atoms with van der Waals surface area (Å²) in [6.07, 6.45) is 0.0277. The van der Waals surface area contributed by atoms with Crippen molar-refractivity contribution in [3.8, 4) is 5.75 Å². The predicted octanol–water partition coefficient (Wildman–Crippen LogP) is 1.46. The van der Waals surface area contributed by atoms with Crippen LogP contribution in [0.25, 0.3) is 0 Å². The molecule has 0 saturated carbocycles. The monoisotopic (exact) mass is 254 g/mol. The topological polar surface area (TPSA) is 70.6 Å². The Morgan fingerprint density at radius 1 is 1.53 bits per heavy atom. The van der Waals surface area contributed by atoms with Gasteiger partial charge >= 0.3 is 5.97 Å². The predicted molar refractivity (Wildman–Crippen MR) is 69.5 cm³/mol. The van der Waals surface area contributed by atoms with Crippen LogP contribution in [0.5, 0.6) is 5.75 Å². The van der Waals surface area contributed by atoms with E-state index in [1.165, 1.54) is 0 Å². The molecule has 0 radical (unpaired) electrons. The van der Waals surface area contributed by atoms with E-state index in [2.05, 4.69) is 10.6 Å². The van der Waals surface area contributed by atoms with Gasteiger partial charge in [-0.25, -0.2) is 0 Å². The van der Waals surface area contributed by atoms with E-state index in [1.807, 2.05) is 18.2 Å². The van der Waals surface area contributed by atoms with Crippen molar-refractivity contribution in [2.24, 2.45) is 0 Å². The van der Waals surface area contributed by atoms with Crippen LogP contribution in [0.4, 0.5) is 5.69 Å². The third kappa shape index (κ3) is 5.17. The molecule has 17 heavy (non-hydrogen) atoms. The first-order chi connectivity index (χ1) is 8.11. The number of ether oxygens (including phenoxy) is 1. The Morgan fingerprint density at radius 3 is 2.94 bits per heavy atom. The molecule has 0 spiro atoms. The number of benzene rings is 1. The summed E-state index contributed by atoms with van der Waals surface area (Å²) in [4.78, 5) is 10.3. The van der Waals surface area contributed by atoms with Gasteiger partial charge in [-0.15, -0.1) is 0 Å². The van der Waals surface area contributed by atoms with Crippen molar-refractivity contribution >= 4 is 29.0 Å². The number of hydrogen-bond acceptors (Lipinski definition) is 3. The van der Waals surface area contributed by atoms with E-state index in [4.69, 9.17) is 22.1 Å². The van der Waals surface area contributed by atoms with Gasteiger partial charge in [0.05, 0.1) is 13.5 Å². The zero-order valence-corrected chi connectivity index (χ0v) is 10.2. The van der Waals surface area contributed by atoms with Crippen molar-refractivity contribution < 1.29 is 14.6 Å². The van der Waals surface area contributed by atoms with Crippen molar-refractivity contribution in [1.82, 2.24) is 5.32 Å². The molecule has 0 aliphatic heterocycles. The molecule has 0 atom stereocenters. The van der Waals surface area contributed by atoms with Gasteiger partial charge in [0.2, 0.25) is 0 Å². The minimum Gasteiger partial charge on any atom is -0.497 e. The number of rotatable bonds is 5. The summed E-state index contributed by atoms with van der Waals surface area (Å²) in [5.74, 6) is -0.134. The standard InChI is InChI=1S/C11H14N2O3S/c1-16-9-4-2-3-8(7-9)13-11(17)12-6-5-10(14)15/h2-4,7H,5-6H2,1H3,(H,14,15)(H2,12,13,17). The maximum absolute atomic E-state index is 10.3. The van der Waals surface area contributed by atoms with E-state index in [1.54, 1.807) is 13.2 Å². The Labute approximate surface area is 105 Å². The molecule has 0 aliphatic rings. The fourth-order valence-electron chi connectivity index (χ4n) is 1.16. The molecule has 0 aromatic heterocycles. The molecule has 3 N–H and O–H groups in total. The number of methoxy groups -OCH3 is 1. The quantitative estimate of drug-likeness (QED) is 0.691. The Bertz CT molecular complexity index is 409. The molecule has 5 nitrogen and oxygen atoms in total. The second-order valence-corrected chi connectivity index (χ2v) is 3.66. The number of hydrogen-bond donors (Lipinski definition) is 3. The van der Waals surface area contributed by atoms with E-state index in [9.17, 15) is 4.79 Å². The zero-order valence-electron chi connectivity index (χ0n) is 9.40. The van der Waals surface area contributed by atoms with Gasteiger partial charge in [0, 0.05) is 18.3 Å². The lowest BCUT2D eigenvalue weighted by Gasteiger charge is -2.10. The highest BCUT2D eigenvalue weighted by Crippen LogP contribution is 2.16. The van der Waals surface area contributed by atoms with Gasteiger partial charge in [-0.2, -0.15) is 0 Å². The normalized spacial score (nSPS) is 9.47. The average Bonchev–Trinajstić information content (AvgIpc) is 2.28. The zero-order chi connectivity index (χ0) is 12.7. The number of carboxylic acids is 1. The van der Waals surface area contributed by atoms with Gasteiger partial charge in [0.15, 0.2) is 5.11 Å². The maximum atomic E-state index is 10.3. The molecule has 1 rings (SSSR count). The Kier molecular flexibility index (Phi) is 5.22. The molecule has 0 unspecified atom stereocenters. The largest absolute Gasteiger partial charge is 0.497 e. The Morgan fingerprint density at radius 2 is 2.29 bits per heavy atom. The summed E-state index contributed by atoms with van der Waals surface area (Å²) < 4.78 is 5.07. The molecule has 0 bridgehead atoms. The van der Waals surface area contributed by atoms with Gasteiger partial charge in [-0.3, -0.25) is 4.79 Å². The second-order valence-electron chi connectivity index (χ2n) is 3.26. The Hall–Kier alpha value is -1.82. The molecule has 0 fully saturated rings. The molecule has 92 valence electrons. The molecular formula is C11H14N2O3S. The highest BCUT2D eigenvalue weighted by Gasteiger charge is 2.00. The number of thiocarbonyl (C=S) groups is 1. The van der Waals surface area contributed by atoms with Crippen molar-refractivity contribution in [2.75, 3.05) is 19.0 Å². The van der Waals surface area contributed by atoms with E-state index in [0.717, 1.165) is 11.4 Å². The Balaban J connectivity index is 2.42. The first-order valence-corrected chi connectivity index (χ1v) is 5.43. The van der Waals surface area contributed by atoms with E-state index in [0.29, 0.717) is 11.7 Å². The minimum absolute atomic E-state index is 0.0277. The number of carbonyl (C=O) groups is 1. The smallest absolute Gasteiger partial charge is 0.305 e. The number of anilines is 1. The van der Waals surface area contributed by atoms with Gasteiger partial charge in [-0.05, 0) is 24.4 Å². The third-order valence-corrected chi connectivity index (χ3v) is 2.20. The number of carboxylic acid groups (broad SMARTS) is 1. The van der Waals surface area contributed by atoms with Crippen LogP contribution in [0.15, 0.2) is 24.3 Å². The maximum Gasteiger partial charge on any atom is 0.305 e. The second kappa shape index (κ2) is 6.70. The average molecular weight is 254 g/mol. The third-order valence-electron chi connectivity index (χ3n) is 1.95. The van der Waals surface area contributed by atoms with Crippen molar-refractivity contribution in [2.45, 2.75) is 6.42 Å². The highest BCUT2D eigenvalue weighted by atomic mass is 32.1. The molecule has 0 aliphatic carbocycles. The van der Waals surface area contributed by atoms with E-state index >= 15 is 0 Å². The summed E-state index contributed by atoms with van der Waals surface area (Å²) in [7, 11) is 1.59. The van der Waals surface area contributed by atoms with Gasteiger partial charge in [-0.1, -0.05) is 6.07 Å². The molecule has 0 heterocycles. The SMILES string of the molecule is COc1cccc(NC(=S)NCCC(=O)O)c1. The summed E-state index contributed by atoms with van der Waals surface area (Å²) in [6.45, 7) is 0.297. The number of nitrogens with one attached hydrogen (secondary N) is 2. The lowest BCUT2D eigenvalue weighted by atomic mass is 10.3. The summed E-state index contributed by atoms with van der Waals surface area (Å²) >= 11 is 5.01. The lowest BCUT2D eigenvalue weighted by Crippen LogP contribution is -2.30. The van der Waals surface area contributed by atoms with Gasteiger partial charge in [0.1, 0.15) is 5.75 Å². The van der Waals surface area contributed by atoms with Crippen molar-refractivity contribution in [3.63, 3.8) is 0 Å². The van der Waals surface area contributed by atoms with Crippen LogP contribution >= 0.6 is 12.2 Å².